The van der Waals surface area contributed by atoms with E-state index in [1.54, 1.807) is 7.11 Å². The van der Waals surface area contributed by atoms with Crippen molar-refractivity contribution >= 4 is 28.4 Å². The second-order valence-electron chi connectivity index (χ2n) is 8.49. The highest BCUT2D eigenvalue weighted by molar-refractivity contribution is 6.24. The van der Waals surface area contributed by atoms with Gasteiger partial charge in [0.05, 0.1) is 24.6 Å². The molecule has 158 valence electrons. The number of ether oxygens (including phenoxy) is 1. The van der Waals surface area contributed by atoms with E-state index in [-0.39, 0.29) is 17.7 Å². The molecule has 2 amide bonds. The van der Waals surface area contributed by atoms with Crippen molar-refractivity contribution in [3.05, 3.63) is 95.7 Å². The van der Waals surface area contributed by atoms with Gasteiger partial charge in [-0.05, 0) is 47.9 Å². The van der Waals surface area contributed by atoms with Crippen LogP contribution in [-0.4, -0.2) is 23.9 Å². The van der Waals surface area contributed by atoms with Gasteiger partial charge in [0.15, 0.2) is 0 Å². The van der Waals surface area contributed by atoms with Gasteiger partial charge in [-0.15, -0.1) is 0 Å². The van der Waals surface area contributed by atoms with Crippen LogP contribution in [0.4, 0.5) is 5.69 Å². The fraction of sp³-hybridized carbons (Fsp3) is 0.185. The molecule has 1 fully saturated rings. The van der Waals surface area contributed by atoms with Crippen LogP contribution in [0.15, 0.2) is 78.9 Å². The summed E-state index contributed by atoms with van der Waals surface area (Å²) in [6.45, 7) is 0. The molecule has 6 rings (SSSR count). The van der Waals surface area contributed by atoms with Gasteiger partial charge in [0.2, 0.25) is 11.8 Å². The first-order chi connectivity index (χ1) is 15.7. The Hall–Kier alpha value is -3.86. The Bertz CT molecular complexity index is 1340. The van der Waals surface area contributed by atoms with Gasteiger partial charge in [0, 0.05) is 22.5 Å². The number of hydrogen-bond acceptors (Lipinski definition) is 3. The normalized spacial score (nSPS) is 22.2. The summed E-state index contributed by atoms with van der Waals surface area (Å²) >= 11 is 0. The lowest BCUT2D eigenvalue weighted by molar-refractivity contribution is -0.122. The molecule has 1 saturated heterocycles. The molecular weight excluding hydrogens is 400 g/mol. The van der Waals surface area contributed by atoms with Crippen LogP contribution in [0.3, 0.4) is 0 Å². The fourth-order valence-corrected chi connectivity index (χ4v) is 5.44. The Kier molecular flexibility index (Phi) is 4.18. The number of imide groups is 1. The first-order valence-electron chi connectivity index (χ1n) is 10.8. The van der Waals surface area contributed by atoms with E-state index in [0.717, 1.165) is 33.5 Å². The van der Waals surface area contributed by atoms with Crippen LogP contribution in [-0.2, 0) is 9.59 Å². The number of hydrogen-bond donors (Lipinski definition) is 1. The number of carbonyl (C=O) groups is 2. The van der Waals surface area contributed by atoms with Crippen LogP contribution >= 0.6 is 0 Å². The average molecular weight is 422 g/mol. The minimum Gasteiger partial charge on any atom is -0.497 e. The molecular formula is C27H22N2O3. The highest BCUT2D eigenvalue weighted by atomic mass is 16.5. The van der Waals surface area contributed by atoms with Gasteiger partial charge >= 0.3 is 0 Å². The Morgan fingerprint density at radius 3 is 2.34 bits per heavy atom. The molecule has 0 unspecified atom stereocenters. The number of benzene rings is 3. The lowest BCUT2D eigenvalue weighted by Crippen LogP contribution is -2.30. The quantitative estimate of drug-likeness (QED) is 0.474. The van der Waals surface area contributed by atoms with Crippen molar-refractivity contribution in [1.29, 1.82) is 0 Å². The zero-order valence-electron chi connectivity index (χ0n) is 17.6. The molecule has 4 aromatic rings. The van der Waals surface area contributed by atoms with Crippen molar-refractivity contribution in [3.8, 4) is 5.75 Å². The molecule has 1 aliphatic carbocycles. The second kappa shape index (κ2) is 7.09. The van der Waals surface area contributed by atoms with E-state index >= 15 is 0 Å². The smallest absolute Gasteiger partial charge is 0.243 e. The predicted octanol–water partition coefficient (Wildman–Crippen LogP) is 4.99. The summed E-state index contributed by atoms with van der Waals surface area (Å²) in [6, 6.07) is 25.4. The topological polar surface area (TPSA) is 62.4 Å². The zero-order chi connectivity index (χ0) is 21.8. The first kappa shape index (κ1) is 18.9. The Morgan fingerprint density at radius 1 is 0.906 bits per heavy atom. The van der Waals surface area contributed by atoms with Crippen LogP contribution in [0.1, 0.15) is 35.1 Å². The number of para-hydroxylation sites is 1. The number of carbonyl (C=O) groups excluding carboxylic acids is 2. The zero-order valence-corrected chi connectivity index (χ0v) is 17.6. The molecule has 2 heterocycles. The van der Waals surface area contributed by atoms with Crippen molar-refractivity contribution in [3.63, 3.8) is 0 Å². The van der Waals surface area contributed by atoms with E-state index in [9.17, 15) is 9.59 Å². The summed E-state index contributed by atoms with van der Waals surface area (Å²) in [5.41, 5.74) is 4.69. The Balaban J connectivity index is 1.57. The lowest BCUT2D eigenvalue weighted by atomic mass is 9.71. The van der Waals surface area contributed by atoms with Gasteiger partial charge in [-0.1, -0.05) is 48.5 Å². The van der Waals surface area contributed by atoms with Crippen LogP contribution in [0.2, 0.25) is 0 Å². The molecule has 5 nitrogen and oxygen atoms in total. The number of anilines is 1. The third kappa shape index (κ3) is 2.64. The van der Waals surface area contributed by atoms with E-state index in [2.05, 4.69) is 17.1 Å². The van der Waals surface area contributed by atoms with Crippen LogP contribution in [0.25, 0.3) is 10.9 Å². The van der Waals surface area contributed by atoms with Crippen LogP contribution < -0.4 is 9.64 Å². The van der Waals surface area contributed by atoms with Crippen molar-refractivity contribution in [2.45, 2.75) is 18.3 Å². The van der Waals surface area contributed by atoms with Gasteiger partial charge in [-0.3, -0.25) is 9.59 Å². The number of H-pyrrole nitrogens is 1. The van der Waals surface area contributed by atoms with Crippen molar-refractivity contribution in [2.24, 2.45) is 5.92 Å². The largest absolute Gasteiger partial charge is 0.497 e. The van der Waals surface area contributed by atoms with Crippen LogP contribution in [0, 0.1) is 5.92 Å². The van der Waals surface area contributed by atoms with E-state index in [0.29, 0.717) is 12.1 Å². The molecule has 5 heteroatoms. The molecule has 2 aliphatic rings. The summed E-state index contributed by atoms with van der Waals surface area (Å²) < 4.78 is 5.48. The van der Waals surface area contributed by atoms with Gasteiger partial charge in [0.1, 0.15) is 5.75 Å². The molecule has 0 saturated carbocycles. The summed E-state index contributed by atoms with van der Waals surface area (Å²) in [6.07, 6.45) is 0.597. The fourth-order valence-electron chi connectivity index (χ4n) is 5.44. The van der Waals surface area contributed by atoms with Gasteiger partial charge in [-0.25, -0.2) is 4.90 Å². The minimum absolute atomic E-state index is 0.0146. The van der Waals surface area contributed by atoms with E-state index in [1.165, 1.54) is 4.90 Å². The molecule has 0 radical (unpaired) electrons. The monoisotopic (exact) mass is 422 g/mol. The van der Waals surface area contributed by atoms with Crippen molar-refractivity contribution in [1.82, 2.24) is 4.98 Å². The summed E-state index contributed by atoms with van der Waals surface area (Å²) in [5, 5.41) is 1.05. The maximum absolute atomic E-state index is 13.6. The summed E-state index contributed by atoms with van der Waals surface area (Å²) in [4.78, 5) is 32.0. The predicted molar refractivity (Wildman–Crippen MR) is 123 cm³/mol. The molecule has 1 aliphatic heterocycles. The van der Waals surface area contributed by atoms with E-state index in [4.69, 9.17) is 4.74 Å². The van der Waals surface area contributed by atoms with Crippen LogP contribution in [0.5, 0.6) is 5.75 Å². The number of methoxy groups -OCH3 is 1. The number of aromatic nitrogens is 1. The number of nitrogens with one attached hydrogen (secondary N) is 1. The maximum Gasteiger partial charge on any atom is 0.243 e. The highest BCUT2D eigenvalue weighted by Gasteiger charge is 2.54. The molecule has 1 N–H and O–H groups in total. The number of rotatable bonds is 3. The van der Waals surface area contributed by atoms with Gasteiger partial charge in [0.25, 0.3) is 0 Å². The van der Waals surface area contributed by atoms with Crippen molar-refractivity contribution < 1.29 is 14.3 Å². The van der Waals surface area contributed by atoms with Gasteiger partial charge < -0.3 is 9.72 Å². The number of amides is 2. The van der Waals surface area contributed by atoms with Gasteiger partial charge in [-0.2, -0.15) is 0 Å². The lowest BCUT2D eigenvalue weighted by Gasteiger charge is -2.30. The molecule has 0 bridgehead atoms. The third-order valence-electron chi connectivity index (χ3n) is 6.87. The molecule has 3 aromatic carbocycles. The van der Waals surface area contributed by atoms with Crippen molar-refractivity contribution in [2.75, 3.05) is 12.0 Å². The number of fused-ring (bicyclic) bond motifs is 5. The molecule has 32 heavy (non-hydrogen) atoms. The number of aromatic amines is 1. The standard InChI is InChI=1S/C27H22N2O3/c1-32-18-12-13-22-20(14-18)23-19(16-8-4-2-5-9-16)15-21-24(25(23)28-22)27(31)29(26(21)30)17-10-6-3-7-11-17/h2-14,19,21,24,28H,15H2,1H3/t19-,21-,24-/m0/s1. The van der Waals surface area contributed by atoms with E-state index < -0.39 is 11.8 Å². The third-order valence-corrected chi connectivity index (χ3v) is 6.87. The second-order valence-corrected chi connectivity index (χ2v) is 8.49. The summed E-state index contributed by atoms with van der Waals surface area (Å²) in [7, 11) is 1.65. The maximum atomic E-state index is 13.6. The average Bonchev–Trinajstić information content (AvgIpc) is 3.34. The number of nitrogens with zero attached hydrogens (tertiary/aromatic N) is 1. The Labute approximate surface area is 185 Å². The Morgan fingerprint density at radius 2 is 1.62 bits per heavy atom. The van der Waals surface area contributed by atoms with E-state index in [1.807, 2.05) is 66.7 Å². The molecule has 3 atom stereocenters. The minimum atomic E-state index is -0.504. The molecule has 1 aromatic heterocycles. The highest BCUT2D eigenvalue weighted by Crippen LogP contribution is 2.52. The SMILES string of the molecule is COc1ccc2[nH]c3c(c2c1)[C@H](c1ccccc1)C[C@@H]1C(=O)N(c2ccccc2)C(=O)[C@H]31. The first-order valence-corrected chi connectivity index (χ1v) is 10.8. The summed E-state index contributed by atoms with van der Waals surface area (Å²) in [5.74, 6) is -0.383. The molecule has 0 spiro atoms.